The second-order valence-corrected chi connectivity index (χ2v) is 3.94. The van der Waals surface area contributed by atoms with Crippen LogP contribution in [0, 0.1) is 5.41 Å². The molecule has 0 aliphatic carbocycles. The fraction of sp³-hybridized carbons (Fsp3) is 0. The molecule has 0 fully saturated rings. The van der Waals surface area contributed by atoms with Crippen LogP contribution in [0.2, 0.25) is 0 Å². The molecular weight excluding hydrogens is 226 g/mol. The van der Waals surface area contributed by atoms with Gasteiger partial charge in [-0.3, -0.25) is 9.98 Å². The summed E-state index contributed by atoms with van der Waals surface area (Å²) in [5, 5.41) is 8.62. The van der Waals surface area contributed by atoms with Crippen molar-refractivity contribution in [1.29, 1.82) is 5.41 Å². The third-order valence-corrected chi connectivity index (χ3v) is 2.74. The summed E-state index contributed by atoms with van der Waals surface area (Å²) in [4.78, 5) is 8.53. The Morgan fingerprint density at radius 3 is 2.83 bits per heavy atom. The molecule has 0 amide bonds. The molecule has 0 spiro atoms. The Kier molecular flexibility index (Phi) is 2.30. The number of pyridine rings is 1. The highest BCUT2D eigenvalue weighted by atomic mass is 15.1. The lowest BCUT2D eigenvalue weighted by Gasteiger charge is -2.09. The van der Waals surface area contributed by atoms with E-state index in [-0.39, 0.29) is 5.84 Å². The fourth-order valence-electron chi connectivity index (χ4n) is 1.89. The van der Waals surface area contributed by atoms with E-state index in [0.717, 1.165) is 10.9 Å². The van der Waals surface area contributed by atoms with Crippen LogP contribution in [0.25, 0.3) is 16.7 Å². The van der Waals surface area contributed by atoms with Gasteiger partial charge in [0.15, 0.2) is 0 Å². The molecule has 0 aliphatic heterocycles. The van der Waals surface area contributed by atoms with Crippen molar-refractivity contribution in [3.63, 3.8) is 0 Å². The normalized spacial score (nSPS) is 10.7. The standard InChI is InChI=1S/C13H11N5/c14-12(15)10-7-9-3-1-2-4-11(9)17-13(10)18-6-5-16-8-18/h1-8H,(H3,14,15). The largest absolute Gasteiger partial charge is 0.384 e. The lowest BCUT2D eigenvalue weighted by atomic mass is 10.1. The van der Waals surface area contributed by atoms with E-state index in [4.69, 9.17) is 11.1 Å². The van der Waals surface area contributed by atoms with Crippen molar-refractivity contribution in [2.45, 2.75) is 0 Å². The van der Waals surface area contributed by atoms with Crippen molar-refractivity contribution in [2.75, 3.05) is 0 Å². The molecule has 0 saturated carbocycles. The summed E-state index contributed by atoms with van der Waals surface area (Å²) in [5.74, 6) is 0.621. The number of aromatic nitrogens is 3. The fourth-order valence-corrected chi connectivity index (χ4v) is 1.89. The minimum Gasteiger partial charge on any atom is -0.384 e. The van der Waals surface area contributed by atoms with Gasteiger partial charge in [-0.05, 0) is 12.1 Å². The molecule has 1 aromatic carbocycles. The van der Waals surface area contributed by atoms with Crippen LogP contribution in [-0.4, -0.2) is 20.4 Å². The van der Waals surface area contributed by atoms with Crippen LogP contribution in [0.5, 0.6) is 0 Å². The number of nitrogens with one attached hydrogen (secondary N) is 1. The Balaban J connectivity index is 2.34. The molecule has 3 aromatic rings. The van der Waals surface area contributed by atoms with Gasteiger partial charge in [0.2, 0.25) is 0 Å². The smallest absolute Gasteiger partial charge is 0.149 e. The maximum atomic E-state index is 7.66. The number of imidazole rings is 1. The van der Waals surface area contributed by atoms with E-state index in [1.54, 1.807) is 23.3 Å². The summed E-state index contributed by atoms with van der Waals surface area (Å²) in [7, 11) is 0. The molecule has 5 heteroatoms. The topological polar surface area (TPSA) is 80.6 Å². The van der Waals surface area contributed by atoms with E-state index >= 15 is 0 Å². The average Bonchev–Trinajstić information content (AvgIpc) is 2.91. The van der Waals surface area contributed by atoms with Crippen LogP contribution in [0.4, 0.5) is 0 Å². The maximum Gasteiger partial charge on any atom is 0.149 e. The summed E-state index contributed by atoms with van der Waals surface area (Å²) in [5.41, 5.74) is 7.09. The SMILES string of the molecule is N=C(N)c1cc2ccccc2nc1-n1ccnc1. The summed E-state index contributed by atoms with van der Waals surface area (Å²) >= 11 is 0. The molecule has 0 atom stereocenters. The third-order valence-electron chi connectivity index (χ3n) is 2.74. The first-order valence-electron chi connectivity index (χ1n) is 5.48. The molecule has 5 nitrogen and oxygen atoms in total. The number of hydrogen-bond acceptors (Lipinski definition) is 3. The van der Waals surface area contributed by atoms with Gasteiger partial charge in [0.1, 0.15) is 18.0 Å². The highest BCUT2D eigenvalue weighted by Gasteiger charge is 2.10. The molecular formula is C13H11N5. The van der Waals surface area contributed by atoms with Crippen LogP contribution in [-0.2, 0) is 0 Å². The van der Waals surface area contributed by atoms with E-state index in [9.17, 15) is 0 Å². The minimum atomic E-state index is -0.00282. The first-order valence-corrected chi connectivity index (χ1v) is 5.48. The Morgan fingerprint density at radius 2 is 2.11 bits per heavy atom. The Labute approximate surface area is 103 Å². The Hall–Kier alpha value is -2.69. The van der Waals surface area contributed by atoms with Gasteiger partial charge in [0.25, 0.3) is 0 Å². The van der Waals surface area contributed by atoms with Crippen LogP contribution in [0.3, 0.4) is 0 Å². The van der Waals surface area contributed by atoms with Gasteiger partial charge in [0.05, 0.1) is 11.1 Å². The maximum absolute atomic E-state index is 7.66. The van der Waals surface area contributed by atoms with E-state index in [1.807, 2.05) is 30.3 Å². The molecule has 3 rings (SSSR count). The summed E-state index contributed by atoms with van der Waals surface area (Å²) < 4.78 is 1.75. The number of para-hydroxylation sites is 1. The highest BCUT2D eigenvalue weighted by Crippen LogP contribution is 2.19. The first-order chi connectivity index (χ1) is 8.75. The van der Waals surface area contributed by atoms with Gasteiger partial charge in [-0.25, -0.2) is 9.97 Å². The minimum absolute atomic E-state index is 0.00282. The number of hydrogen-bond donors (Lipinski definition) is 2. The molecule has 18 heavy (non-hydrogen) atoms. The summed E-state index contributed by atoms with van der Waals surface area (Å²) in [6.07, 6.45) is 5.09. The molecule has 88 valence electrons. The van der Waals surface area contributed by atoms with Gasteiger partial charge in [-0.1, -0.05) is 18.2 Å². The van der Waals surface area contributed by atoms with Gasteiger partial charge < -0.3 is 5.73 Å². The van der Waals surface area contributed by atoms with Crippen LogP contribution >= 0.6 is 0 Å². The van der Waals surface area contributed by atoms with E-state index in [0.29, 0.717) is 11.4 Å². The predicted molar refractivity (Wildman–Crippen MR) is 69.9 cm³/mol. The second-order valence-electron chi connectivity index (χ2n) is 3.94. The van der Waals surface area contributed by atoms with Gasteiger partial charge in [0, 0.05) is 17.8 Å². The number of amidine groups is 1. The molecule has 0 saturated heterocycles. The number of rotatable bonds is 2. The van der Waals surface area contributed by atoms with Crippen molar-refractivity contribution in [2.24, 2.45) is 5.73 Å². The first kappa shape index (κ1) is 10.5. The van der Waals surface area contributed by atoms with Gasteiger partial charge in [-0.15, -0.1) is 0 Å². The number of nitrogen functional groups attached to an aromatic ring is 1. The van der Waals surface area contributed by atoms with E-state index < -0.39 is 0 Å². The van der Waals surface area contributed by atoms with E-state index in [1.165, 1.54) is 0 Å². The zero-order valence-corrected chi connectivity index (χ0v) is 9.54. The molecule has 0 unspecified atom stereocenters. The molecule has 0 bridgehead atoms. The van der Waals surface area contributed by atoms with Crippen molar-refractivity contribution >= 4 is 16.7 Å². The number of fused-ring (bicyclic) bond motifs is 1. The molecule has 0 radical (unpaired) electrons. The van der Waals surface area contributed by atoms with Crippen LogP contribution in [0.1, 0.15) is 5.56 Å². The van der Waals surface area contributed by atoms with Crippen molar-refractivity contribution < 1.29 is 0 Å². The highest BCUT2D eigenvalue weighted by molar-refractivity contribution is 6.01. The lowest BCUT2D eigenvalue weighted by molar-refractivity contribution is 1.000. The van der Waals surface area contributed by atoms with Crippen molar-refractivity contribution in [3.8, 4) is 5.82 Å². The zero-order valence-electron chi connectivity index (χ0n) is 9.54. The zero-order chi connectivity index (χ0) is 12.5. The molecule has 3 N–H and O–H groups in total. The molecule has 0 aliphatic rings. The quantitative estimate of drug-likeness (QED) is 0.526. The lowest BCUT2D eigenvalue weighted by Crippen LogP contribution is -2.15. The molecule has 2 aromatic heterocycles. The number of nitrogens with zero attached hydrogens (tertiary/aromatic N) is 3. The average molecular weight is 237 g/mol. The molecule has 2 heterocycles. The van der Waals surface area contributed by atoms with Gasteiger partial charge in [-0.2, -0.15) is 0 Å². The Bertz CT molecular complexity index is 715. The number of benzene rings is 1. The second kappa shape index (κ2) is 3.96. The van der Waals surface area contributed by atoms with Crippen molar-refractivity contribution in [3.05, 3.63) is 54.6 Å². The monoisotopic (exact) mass is 237 g/mol. The van der Waals surface area contributed by atoms with Crippen LogP contribution < -0.4 is 5.73 Å². The third kappa shape index (κ3) is 1.62. The van der Waals surface area contributed by atoms with E-state index in [2.05, 4.69) is 9.97 Å². The van der Waals surface area contributed by atoms with Gasteiger partial charge >= 0.3 is 0 Å². The number of nitrogens with two attached hydrogens (primary N) is 1. The summed E-state index contributed by atoms with van der Waals surface area (Å²) in [6, 6.07) is 9.62. The van der Waals surface area contributed by atoms with Crippen LogP contribution in [0.15, 0.2) is 49.1 Å². The summed E-state index contributed by atoms with van der Waals surface area (Å²) in [6.45, 7) is 0. The Morgan fingerprint density at radius 1 is 1.28 bits per heavy atom. The van der Waals surface area contributed by atoms with Crippen molar-refractivity contribution in [1.82, 2.24) is 14.5 Å². The predicted octanol–water partition coefficient (Wildman–Crippen LogP) is 1.70.